The number of amides is 1. The summed E-state index contributed by atoms with van der Waals surface area (Å²) in [5.41, 5.74) is 0. The third-order valence-electron chi connectivity index (χ3n) is 1.47. The molecule has 1 amide bonds. The van der Waals surface area contributed by atoms with Crippen LogP contribution in [0.15, 0.2) is 18.2 Å². The van der Waals surface area contributed by atoms with Crippen molar-refractivity contribution in [1.82, 2.24) is 4.98 Å². The lowest BCUT2D eigenvalue weighted by atomic mass is 10.4. The number of aromatic nitrogens is 1. The van der Waals surface area contributed by atoms with Crippen LogP contribution in [0, 0.1) is 0 Å². The largest absolute Gasteiger partial charge is 0.481 e. The summed E-state index contributed by atoms with van der Waals surface area (Å²) in [7, 11) is 1.51. The average molecular weight is 233 g/mol. The van der Waals surface area contributed by atoms with Gasteiger partial charge in [-0.2, -0.15) is 4.98 Å². The van der Waals surface area contributed by atoms with E-state index in [-0.39, 0.29) is 0 Å². The molecule has 0 fully saturated rings. The molecule has 0 radical (unpaired) electrons. The SMILES string of the molecule is COc1cccc(N(SC)C(=O)Cl)n1. The topological polar surface area (TPSA) is 42.4 Å². The number of hydrogen-bond donors (Lipinski definition) is 0. The van der Waals surface area contributed by atoms with Gasteiger partial charge in [0.05, 0.1) is 7.11 Å². The van der Waals surface area contributed by atoms with E-state index in [0.29, 0.717) is 11.7 Å². The lowest BCUT2D eigenvalue weighted by Crippen LogP contribution is -2.17. The van der Waals surface area contributed by atoms with Crippen LogP contribution in [0.5, 0.6) is 5.88 Å². The summed E-state index contributed by atoms with van der Waals surface area (Å²) in [6.45, 7) is 0. The van der Waals surface area contributed by atoms with Crippen LogP contribution in [-0.4, -0.2) is 23.7 Å². The first-order chi connectivity index (χ1) is 6.69. The van der Waals surface area contributed by atoms with Crippen molar-refractivity contribution >= 4 is 34.7 Å². The molecule has 0 aliphatic carbocycles. The fourth-order valence-electron chi connectivity index (χ4n) is 0.886. The van der Waals surface area contributed by atoms with Crippen LogP contribution in [0.25, 0.3) is 0 Å². The molecule has 0 N–H and O–H groups in total. The highest BCUT2D eigenvalue weighted by atomic mass is 35.5. The van der Waals surface area contributed by atoms with Gasteiger partial charge in [-0.05, 0) is 29.6 Å². The lowest BCUT2D eigenvalue weighted by molar-refractivity contribution is 0.267. The van der Waals surface area contributed by atoms with E-state index in [1.165, 1.54) is 23.4 Å². The van der Waals surface area contributed by atoms with E-state index in [4.69, 9.17) is 16.3 Å². The van der Waals surface area contributed by atoms with E-state index in [2.05, 4.69) is 4.98 Å². The number of carbonyl (C=O) groups is 1. The molecule has 0 unspecified atom stereocenters. The van der Waals surface area contributed by atoms with Gasteiger partial charge in [-0.1, -0.05) is 6.07 Å². The standard InChI is InChI=1S/C8H9ClN2O2S/c1-13-7-5-3-4-6(10-7)11(14-2)8(9)12/h3-5H,1-2H3. The molecular formula is C8H9ClN2O2S. The molecule has 0 saturated carbocycles. The van der Waals surface area contributed by atoms with Gasteiger partial charge in [-0.3, -0.25) is 4.79 Å². The van der Waals surface area contributed by atoms with Crippen molar-refractivity contribution < 1.29 is 9.53 Å². The number of methoxy groups -OCH3 is 1. The molecule has 14 heavy (non-hydrogen) atoms. The van der Waals surface area contributed by atoms with E-state index in [9.17, 15) is 4.79 Å². The molecule has 6 heteroatoms. The lowest BCUT2D eigenvalue weighted by Gasteiger charge is -2.14. The molecule has 0 aromatic carbocycles. The fraction of sp³-hybridized carbons (Fsp3) is 0.250. The Morgan fingerprint density at radius 1 is 1.64 bits per heavy atom. The molecular weight excluding hydrogens is 224 g/mol. The summed E-state index contributed by atoms with van der Waals surface area (Å²) >= 11 is 6.54. The smallest absolute Gasteiger partial charge is 0.332 e. The summed E-state index contributed by atoms with van der Waals surface area (Å²) in [4.78, 5) is 15.0. The first kappa shape index (κ1) is 11.1. The number of carbonyl (C=O) groups excluding carboxylic acids is 1. The third-order valence-corrected chi connectivity index (χ3v) is 2.46. The fourth-order valence-corrected chi connectivity index (χ4v) is 1.61. The van der Waals surface area contributed by atoms with E-state index < -0.39 is 5.37 Å². The zero-order valence-corrected chi connectivity index (χ0v) is 9.30. The van der Waals surface area contributed by atoms with Crippen molar-refractivity contribution in [3.8, 4) is 5.88 Å². The predicted molar refractivity (Wildman–Crippen MR) is 58.0 cm³/mol. The maximum Gasteiger partial charge on any atom is 0.332 e. The maximum absolute atomic E-state index is 11.0. The highest BCUT2D eigenvalue weighted by Crippen LogP contribution is 2.22. The Balaban J connectivity index is 2.98. The second-order valence-electron chi connectivity index (χ2n) is 2.27. The highest BCUT2D eigenvalue weighted by molar-refractivity contribution is 8.00. The van der Waals surface area contributed by atoms with Crippen molar-refractivity contribution in [2.24, 2.45) is 0 Å². The molecule has 4 nitrogen and oxygen atoms in total. The normalized spacial score (nSPS) is 9.64. The van der Waals surface area contributed by atoms with Crippen LogP contribution in [0.2, 0.25) is 0 Å². The van der Waals surface area contributed by atoms with Gasteiger partial charge in [-0.15, -0.1) is 0 Å². The molecule has 0 spiro atoms. The van der Waals surface area contributed by atoms with Crippen molar-refractivity contribution in [2.75, 3.05) is 17.7 Å². The van der Waals surface area contributed by atoms with E-state index in [0.717, 1.165) is 0 Å². The van der Waals surface area contributed by atoms with Crippen molar-refractivity contribution in [3.63, 3.8) is 0 Å². The van der Waals surface area contributed by atoms with E-state index in [1.54, 1.807) is 24.5 Å². The number of pyridine rings is 1. The van der Waals surface area contributed by atoms with Crippen LogP contribution in [0.1, 0.15) is 0 Å². The first-order valence-electron chi connectivity index (χ1n) is 3.73. The third kappa shape index (κ3) is 2.52. The van der Waals surface area contributed by atoms with Crippen LogP contribution in [0.3, 0.4) is 0 Å². The molecule has 1 aromatic heterocycles. The number of hydrogen-bond acceptors (Lipinski definition) is 4. The number of anilines is 1. The minimum Gasteiger partial charge on any atom is -0.481 e. The molecule has 0 aliphatic rings. The van der Waals surface area contributed by atoms with Gasteiger partial charge in [0.15, 0.2) is 5.82 Å². The van der Waals surface area contributed by atoms with Crippen LogP contribution in [0.4, 0.5) is 10.6 Å². The molecule has 0 atom stereocenters. The molecule has 0 aliphatic heterocycles. The number of halogens is 1. The maximum atomic E-state index is 11.0. The number of rotatable bonds is 3. The summed E-state index contributed by atoms with van der Waals surface area (Å²) in [6, 6.07) is 5.12. The second-order valence-corrected chi connectivity index (χ2v) is 3.32. The molecule has 0 bridgehead atoms. The minimum atomic E-state index is -0.585. The molecule has 0 saturated heterocycles. The highest BCUT2D eigenvalue weighted by Gasteiger charge is 2.13. The van der Waals surface area contributed by atoms with Crippen molar-refractivity contribution in [1.29, 1.82) is 0 Å². The van der Waals surface area contributed by atoms with Crippen LogP contribution in [-0.2, 0) is 0 Å². The Labute approximate surface area is 91.3 Å². The van der Waals surface area contributed by atoms with Crippen LogP contribution >= 0.6 is 23.5 Å². The number of ether oxygens (including phenoxy) is 1. The minimum absolute atomic E-state index is 0.444. The van der Waals surface area contributed by atoms with Crippen molar-refractivity contribution in [2.45, 2.75) is 0 Å². The predicted octanol–water partition coefficient (Wildman–Crippen LogP) is 2.53. The molecule has 1 rings (SSSR count). The van der Waals surface area contributed by atoms with Crippen molar-refractivity contribution in [3.05, 3.63) is 18.2 Å². The second kappa shape index (κ2) is 5.07. The Bertz CT molecular complexity index is 335. The van der Waals surface area contributed by atoms with Gasteiger partial charge >= 0.3 is 5.37 Å². The molecule has 76 valence electrons. The zero-order valence-electron chi connectivity index (χ0n) is 7.73. The Kier molecular flexibility index (Phi) is 4.03. The summed E-state index contributed by atoms with van der Waals surface area (Å²) in [5.74, 6) is 0.899. The van der Waals surface area contributed by atoms with Gasteiger partial charge in [0.25, 0.3) is 0 Å². The Hall–Kier alpha value is -0.940. The van der Waals surface area contributed by atoms with Gasteiger partial charge in [0.2, 0.25) is 5.88 Å². The molecule has 1 heterocycles. The Morgan fingerprint density at radius 2 is 2.36 bits per heavy atom. The van der Waals surface area contributed by atoms with Crippen LogP contribution < -0.4 is 9.04 Å². The van der Waals surface area contributed by atoms with E-state index >= 15 is 0 Å². The molecule has 1 aromatic rings. The van der Waals surface area contributed by atoms with E-state index in [1.807, 2.05) is 0 Å². The van der Waals surface area contributed by atoms with Gasteiger partial charge in [0, 0.05) is 12.3 Å². The van der Waals surface area contributed by atoms with Gasteiger partial charge in [-0.25, -0.2) is 4.31 Å². The monoisotopic (exact) mass is 232 g/mol. The van der Waals surface area contributed by atoms with Gasteiger partial charge < -0.3 is 4.74 Å². The quantitative estimate of drug-likeness (QED) is 0.456. The van der Waals surface area contributed by atoms with Gasteiger partial charge in [0.1, 0.15) is 0 Å². The summed E-state index contributed by atoms with van der Waals surface area (Å²) in [5, 5.41) is -0.585. The summed E-state index contributed by atoms with van der Waals surface area (Å²) < 4.78 is 6.20. The first-order valence-corrected chi connectivity index (χ1v) is 5.29. The average Bonchev–Trinajstić information content (AvgIpc) is 2.19. The summed E-state index contributed by atoms with van der Waals surface area (Å²) in [6.07, 6.45) is 1.74. The number of nitrogens with zero attached hydrogens (tertiary/aromatic N) is 2. The zero-order chi connectivity index (χ0) is 10.6. The Morgan fingerprint density at radius 3 is 2.86 bits per heavy atom.